The van der Waals surface area contributed by atoms with Gasteiger partial charge in [0.1, 0.15) is 12.6 Å². The summed E-state index contributed by atoms with van der Waals surface area (Å²) < 4.78 is 15.2. The molecule has 1 aromatic carbocycles. The van der Waals surface area contributed by atoms with Gasteiger partial charge >= 0.3 is 0 Å². The lowest BCUT2D eigenvalue weighted by Crippen LogP contribution is -2.26. The van der Waals surface area contributed by atoms with E-state index in [0.29, 0.717) is 0 Å². The van der Waals surface area contributed by atoms with Crippen LogP contribution in [0.15, 0.2) is 47.1 Å². The number of rotatable bonds is 9. The maximum atomic E-state index is 6.15. The Morgan fingerprint density at radius 2 is 1.81 bits per heavy atom. The van der Waals surface area contributed by atoms with Gasteiger partial charge in [-0.25, -0.2) is 0 Å². The van der Waals surface area contributed by atoms with E-state index in [1.165, 1.54) is 5.56 Å². The lowest BCUT2D eigenvalue weighted by atomic mass is 9.95. The Bertz CT molecular complexity index is 1050. The maximum Gasteiger partial charge on any atom is 0.166 e. The zero-order chi connectivity index (χ0) is 22.3. The molecular weight excluding hydrogens is 470 g/mol. The van der Waals surface area contributed by atoms with Gasteiger partial charge in [0.2, 0.25) is 0 Å². The first-order chi connectivity index (χ1) is 14.6. The Morgan fingerprint density at radius 1 is 1.10 bits per heavy atom. The highest BCUT2D eigenvalue weighted by Crippen LogP contribution is 2.53. The van der Waals surface area contributed by atoms with E-state index in [1.807, 2.05) is 0 Å². The molecule has 2 heterocycles. The fourth-order valence-corrected chi connectivity index (χ4v) is 4.97. The third-order valence-corrected chi connectivity index (χ3v) is 8.39. The Labute approximate surface area is 194 Å². The highest BCUT2D eigenvalue weighted by molar-refractivity contribution is 9.10. The molecule has 4 rings (SSSR count). The largest absolute Gasteiger partial charge is 0.358 e. The molecular formula is C24H32BrN3O2Si-. The molecule has 0 atom stereocenters. The lowest BCUT2D eigenvalue weighted by Gasteiger charge is -2.28. The van der Waals surface area contributed by atoms with Gasteiger partial charge in [-0.2, -0.15) is 19.6 Å². The van der Waals surface area contributed by atoms with E-state index in [2.05, 4.69) is 107 Å². The summed E-state index contributed by atoms with van der Waals surface area (Å²) in [6, 6.07) is 13.9. The van der Waals surface area contributed by atoms with Gasteiger partial charge in [0.05, 0.1) is 11.0 Å². The van der Waals surface area contributed by atoms with Crippen LogP contribution in [0.1, 0.15) is 43.6 Å². The molecule has 0 amide bonds. The first kappa shape index (κ1) is 22.6. The number of hydrogen-bond donors (Lipinski definition) is 0. The highest BCUT2D eigenvalue weighted by atomic mass is 79.9. The van der Waals surface area contributed by atoms with E-state index in [9.17, 15) is 0 Å². The topological polar surface area (TPSA) is 48.7 Å². The van der Waals surface area contributed by atoms with Crippen LogP contribution in [0.2, 0.25) is 25.7 Å². The lowest BCUT2D eigenvalue weighted by molar-refractivity contribution is -0.128. The monoisotopic (exact) mass is 501 g/mol. The normalized spacial score (nSPS) is 16.1. The molecule has 1 aliphatic rings. The van der Waals surface area contributed by atoms with Crippen LogP contribution in [-0.2, 0) is 20.5 Å². The Hall–Kier alpha value is -1.54. The van der Waals surface area contributed by atoms with Crippen LogP contribution < -0.4 is 0 Å². The summed E-state index contributed by atoms with van der Waals surface area (Å²) in [6.45, 7) is 12.2. The molecule has 1 saturated carbocycles. The average Bonchev–Trinajstić information content (AvgIpc) is 3.38. The minimum Gasteiger partial charge on any atom is -0.358 e. The second-order valence-electron chi connectivity index (χ2n) is 10.2. The molecule has 167 valence electrons. The first-order valence-corrected chi connectivity index (χ1v) is 15.4. The summed E-state index contributed by atoms with van der Waals surface area (Å²) in [5.74, 6) is 1.01. The molecule has 1 aliphatic carbocycles. The van der Waals surface area contributed by atoms with Crippen molar-refractivity contribution in [2.45, 2.75) is 63.4 Å². The van der Waals surface area contributed by atoms with Crippen molar-refractivity contribution in [3.63, 3.8) is 0 Å². The van der Waals surface area contributed by atoms with E-state index >= 15 is 0 Å². The summed E-state index contributed by atoms with van der Waals surface area (Å²) in [5, 5.41) is 9.26. The Kier molecular flexibility index (Phi) is 6.16. The van der Waals surface area contributed by atoms with Crippen LogP contribution in [0, 0.1) is 0 Å². The smallest absolute Gasteiger partial charge is 0.166 e. The number of pyridine rings is 1. The van der Waals surface area contributed by atoms with Gasteiger partial charge in [0, 0.05) is 22.8 Å². The molecule has 0 unspecified atom stereocenters. The second-order valence-corrected chi connectivity index (χ2v) is 16.8. The van der Waals surface area contributed by atoms with E-state index in [4.69, 9.17) is 9.47 Å². The average molecular weight is 503 g/mol. The quantitative estimate of drug-likeness (QED) is 0.201. The fourth-order valence-electron chi connectivity index (χ4n) is 3.95. The van der Waals surface area contributed by atoms with Crippen molar-refractivity contribution in [3.8, 4) is 0 Å². The molecule has 0 N–H and O–H groups in total. The van der Waals surface area contributed by atoms with Crippen LogP contribution in [0.25, 0.3) is 5.65 Å². The van der Waals surface area contributed by atoms with Crippen LogP contribution in [0.5, 0.6) is 0 Å². The SMILES string of the molecule is CC(C)(OCOCC[Si-](C)(C)C)c1cccn2c(C3(c4ccc(Br)cc4)CC3)nnc12. The van der Waals surface area contributed by atoms with Gasteiger partial charge in [0.15, 0.2) is 5.65 Å². The first-order valence-electron chi connectivity index (χ1n) is 10.9. The number of hydrogen-bond acceptors (Lipinski definition) is 4. The summed E-state index contributed by atoms with van der Waals surface area (Å²) >= 11 is 3.54. The molecule has 7 heteroatoms. The van der Waals surface area contributed by atoms with E-state index in [1.54, 1.807) is 0 Å². The predicted molar refractivity (Wildman–Crippen MR) is 130 cm³/mol. The number of ether oxygens (including phenoxy) is 2. The molecule has 0 radical (unpaired) electrons. The van der Waals surface area contributed by atoms with Crippen LogP contribution in [0.3, 0.4) is 0 Å². The zero-order valence-corrected chi connectivity index (χ0v) is 21.7. The van der Waals surface area contributed by atoms with Gasteiger partial charge in [-0.05, 0) is 50.5 Å². The molecule has 2 aromatic heterocycles. The van der Waals surface area contributed by atoms with Crippen molar-refractivity contribution in [1.82, 2.24) is 14.6 Å². The second kappa shape index (κ2) is 8.43. The van der Waals surface area contributed by atoms with Crippen molar-refractivity contribution < 1.29 is 9.47 Å². The molecule has 0 saturated heterocycles. The number of benzene rings is 1. The molecule has 1 fully saturated rings. The Balaban J connectivity index is 1.55. The van der Waals surface area contributed by atoms with Gasteiger partial charge < -0.3 is 9.47 Å². The van der Waals surface area contributed by atoms with Crippen LogP contribution >= 0.6 is 15.9 Å². The third-order valence-electron chi connectivity index (χ3n) is 6.16. The van der Waals surface area contributed by atoms with E-state index in [0.717, 1.165) is 47.0 Å². The predicted octanol–water partition coefficient (Wildman–Crippen LogP) is 6.14. The molecule has 0 bridgehead atoms. The van der Waals surface area contributed by atoms with Crippen molar-refractivity contribution in [2.24, 2.45) is 0 Å². The van der Waals surface area contributed by atoms with Crippen molar-refractivity contribution in [1.29, 1.82) is 0 Å². The van der Waals surface area contributed by atoms with Gasteiger partial charge in [-0.3, -0.25) is 4.40 Å². The van der Waals surface area contributed by atoms with Crippen molar-refractivity contribution in [3.05, 3.63) is 64.0 Å². The van der Waals surface area contributed by atoms with E-state index < -0.39 is 13.7 Å². The zero-order valence-electron chi connectivity index (χ0n) is 19.1. The molecule has 31 heavy (non-hydrogen) atoms. The standard InChI is InChI=1S/C24H32BrN3O2Si/c1-23(2,30-17-29-15-16-31(3,4)5)20-7-6-14-28-21(20)26-27-22(28)24(12-13-24)18-8-10-19(25)11-9-18/h6-11,14H,12-13,15-17H2,1-5H3/q-1. The molecule has 0 aliphatic heterocycles. The summed E-state index contributed by atoms with van der Waals surface area (Å²) in [6.07, 6.45) is 4.24. The number of fused-ring (bicyclic) bond motifs is 1. The fraction of sp³-hybridized carbons (Fsp3) is 0.500. The Morgan fingerprint density at radius 3 is 2.45 bits per heavy atom. The number of aromatic nitrogens is 3. The van der Waals surface area contributed by atoms with Gasteiger partial charge in [-0.15, -0.1) is 24.3 Å². The highest BCUT2D eigenvalue weighted by Gasteiger charge is 2.49. The molecule has 3 aromatic rings. The van der Waals surface area contributed by atoms with Crippen LogP contribution in [-0.4, -0.2) is 36.1 Å². The van der Waals surface area contributed by atoms with E-state index in [-0.39, 0.29) is 12.2 Å². The van der Waals surface area contributed by atoms with Gasteiger partial charge in [-0.1, -0.05) is 34.1 Å². The number of nitrogens with zero attached hydrogens (tertiary/aromatic N) is 3. The molecule has 5 nitrogen and oxygen atoms in total. The number of halogens is 1. The van der Waals surface area contributed by atoms with Crippen molar-refractivity contribution >= 4 is 29.7 Å². The summed E-state index contributed by atoms with van der Waals surface area (Å²) in [7, 11) is -1.10. The maximum absolute atomic E-state index is 6.15. The third kappa shape index (κ3) is 4.79. The van der Waals surface area contributed by atoms with Crippen molar-refractivity contribution in [2.75, 3.05) is 13.4 Å². The van der Waals surface area contributed by atoms with Crippen LogP contribution in [0.4, 0.5) is 0 Å². The van der Waals surface area contributed by atoms with Gasteiger partial charge in [0.25, 0.3) is 0 Å². The molecule has 0 spiro atoms. The summed E-state index contributed by atoms with van der Waals surface area (Å²) in [4.78, 5) is 0. The minimum atomic E-state index is -1.10. The summed E-state index contributed by atoms with van der Waals surface area (Å²) in [5.41, 5.74) is 2.59. The minimum absolute atomic E-state index is 0.0519.